The first-order chi connectivity index (χ1) is 6.59. The Hall–Kier alpha value is -1.06. The van der Waals surface area contributed by atoms with Gasteiger partial charge < -0.3 is 10.8 Å². The third-order valence-electron chi connectivity index (χ3n) is 1.90. The zero-order chi connectivity index (χ0) is 10.6. The van der Waals surface area contributed by atoms with Crippen molar-refractivity contribution in [2.75, 3.05) is 0 Å². The van der Waals surface area contributed by atoms with Crippen LogP contribution in [0.25, 0.3) is 0 Å². The minimum Gasteiger partial charge on any atom is -0.388 e. The smallest absolute Gasteiger partial charge is 0.217 e. The number of amides is 1. The lowest BCUT2D eigenvalue weighted by Crippen LogP contribution is -2.12. The van der Waals surface area contributed by atoms with E-state index in [2.05, 4.69) is 0 Å². The van der Waals surface area contributed by atoms with Gasteiger partial charge in [-0.2, -0.15) is 0 Å². The number of hydrogen-bond acceptors (Lipinski definition) is 2. The van der Waals surface area contributed by atoms with Crippen LogP contribution in [0.4, 0.5) is 0 Å². The summed E-state index contributed by atoms with van der Waals surface area (Å²) >= 11 is 5.75. The van der Waals surface area contributed by atoms with Gasteiger partial charge in [0.25, 0.3) is 0 Å². The summed E-state index contributed by atoms with van der Waals surface area (Å²) in [6, 6.07) is 6.92. The highest BCUT2D eigenvalue weighted by Gasteiger charge is 2.08. The molecular weight excluding hydrogens is 202 g/mol. The number of aliphatic hydroxyl groups is 1. The molecule has 4 heteroatoms. The van der Waals surface area contributed by atoms with E-state index >= 15 is 0 Å². The first-order valence-corrected chi connectivity index (χ1v) is 4.69. The van der Waals surface area contributed by atoms with E-state index in [4.69, 9.17) is 17.3 Å². The molecule has 0 aliphatic rings. The Bertz CT molecular complexity index is 328. The average Bonchev–Trinajstić information content (AvgIpc) is 2.14. The second kappa shape index (κ2) is 4.98. The summed E-state index contributed by atoms with van der Waals surface area (Å²) in [6.07, 6.45) is -0.176. The number of nitrogens with two attached hydrogens (primary N) is 1. The van der Waals surface area contributed by atoms with E-state index in [1.807, 2.05) is 0 Å². The number of benzene rings is 1. The van der Waals surface area contributed by atoms with Gasteiger partial charge in [-0.15, -0.1) is 0 Å². The number of carbonyl (C=O) groups is 1. The molecule has 1 atom stereocenters. The second-order valence-corrected chi connectivity index (χ2v) is 3.51. The van der Waals surface area contributed by atoms with Crippen molar-refractivity contribution in [1.82, 2.24) is 0 Å². The molecule has 0 radical (unpaired) electrons. The number of primary amides is 1. The van der Waals surface area contributed by atoms with Crippen molar-refractivity contribution in [3.63, 3.8) is 0 Å². The summed E-state index contributed by atoms with van der Waals surface area (Å²) < 4.78 is 0. The highest BCUT2D eigenvalue weighted by atomic mass is 35.5. The molecule has 14 heavy (non-hydrogen) atoms. The summed E-state index contributed by atoms with van der Waals surface area (Å²) in [5, 5.41) is 10.2. The number of carbonyl (C=O) groups excluding carboxylic acids is 1. The van der Waals surface area contributed by atoms with E-state index in [1.54, 1.807) is 24.3 Å². The SMILES string of the molecule is NC(=O)CCC(O)c1cccc(Cl)c1. The molecular formula is C10H12ClNO2. The summed E-state index contributed by atoms with van der Waals surface area (Å²) in [5.41, 5.74) is 5.68. The third-order valence-corrected chi connectivity index (χ3v) is 2.13. The van der Waals surface area contributed by atoms with E-state index in [9.17, 15) is 9.90 Å². The molecule has 0 saturated carbocycles. The zero-order valence-corrected chi connectivity index (χ0v) is 8.37. The Balaban J connectivity index is 2.60. The minimum absolute atomic E-state index is 0.174. The van der Waals surface area contributed by atoms with Crippen LogP contribution >= 0.6 is 11.6 Å². The van der Waals surface area contributed by atoms with Crippen LogP contribution < -0.4 is 5.73 Å². The summed E-state index contributed by atoms with van der Waals surface area (Å²) in [4.78, 5) is 10.5. The lowest BCUT2D eigenvalue weighted by atomic mass is 10.1. The Morgan fingerprint density at radius 1 is 1.57 bits per heavy atom. The molecule has 1 aromatic carbocycles. The first-order valence-electron chi connectivity index (χ1n) is 4.31. The standard InChI is InChI=1S/C10H12ClNO2/c11-8-3-1-2-7(6-8)9(13)4-5-10(12)14/h1-3,6,9,13H,4-5H2,(H2,12,14). The number of hydrogen-bond donors (Lipinski definition) is 2. The van der Waals surface area contributed by atoms with Crippen molar-refractivity contribution >= 4 is 17.5 Å². The molecule has 76 valence electrons. The number of halogens is 1. The lowest BCUT2D eigenvalue weighted by Gasteiger charge is -2.09. The van der Waals surface area contributed by atoms with Crippen LogP contribution in [0.15, 0.2) is 24.3 Å². The molecule has 0 fully saturated rings. The van der Waals surface area contributed by atoms with E-state index in [0.29, 0.717) is 17.0 Å². The Kier molecular flexibility index (Phi) is 3.92. The second-order valence-electron chi connectivity index (χ2n) is 3.08. The topological polar surface area (TPSA) is 63.3 Å². The van der Waals surface area contributed by atoms with Gasteiger partial charge in [0.15, 0.2) is 0 Å². The summed E-state index contributed by atoms with van der Waals surface area (Å²) in [7, 11) is 0. The molecule has 0 aromatic heterocycles. The quantitative estimate of drug-likeness (QED) is 0.799. The van der Waals surface area contributed by atoms with Crippen LogP contribution in [0.5, 0.6) is 0 Å². The van der Waals surface area contributed by atoms with Crippen molar-refractivity contribution in [2.24, 2.45) is 5.73 Å². The Morgan fingerprint density at radius 3 is 2.86 bits per heavy atom. The fraction of sp³-hybridized carbons (Fsp3) is 0.300. The fourth-order valence-corrected chi connectivity index (χ4v) is 1.36. The van der Waals surface area contributed by atoms with Gasteiger partial charge in [0.05, 0.1) is 6.10 Å². The third kappa shape index (κ3) is 3.36. The molecule has 1 rings (SSSR count). The normalized spacial score (nSPS) is 12.4. The van der Waals surface area contributed by atoms with E-state index in [1.165, 1.54) is 0 Å². The molecule has 1 aromatic rings. The molecule has 0 heterocycles. The van der Waals surface area contributed by atoms with Gasteiger partial charge in [-0.25, -0.2) is 0 Å². The fourth-order valence-electron chi connectivity index (χ4n) is 1.16. The van der Waals surface area contributed by atoms with Gasteiger partial charge in [0.1, 0.15) is 0 Å². The van der Waals surface area contributed by atoms with E-state index in [0.717, 1.165) is 0 Å². The molecule has 0 saturated heterocycles. The highest BCUT2D eigenvalue weighted by molar-refractivity contribution is 6.30. The van der Waals surface area contributed by atoms with Crippen LogP contribution in [0, 0.1) is 0 Å². The average molecular weight is 214 g/mol. The van der Waals surface area contributed by atoms with Crippen LogP contribution in [0.2, 0.25) is 5.02 Å². The maximum absolute atomic E-state index is 10.5. The van der Waals surface area contributed by atoms with Crippen molar-refractivity contribution in [3.8, 4) is 0 Å². The molecule has 1 unspecified atom stereocenters. The predicted octanol–water partition coefficient (Wildman–Crippen LogP) is 1.64. The van der Waals surface area contributed by atoms with Gasteiger partial charge >= 0.3 is 0 Å². The number of rotatable bonds is 4. The van der Waals surface area contributed by atoms with E-state index < -0.39 is 12.0 Å². The minimum atomic E-state index is -0.679. The van der Waals surface area contributed by atoms with Crippen LogP contribution in [0.3, 0.4) is 0 Å². The molecule has 1 amide bonds. The molecule has 3 nitrogen and oxygen atoms in total. The molecule has 0 bridgehead atoms. The largest absolute Gasteiger partial charge is 0.388 e. The first kappa shape index (κ1) is 11.0. The Morgan fingerprint density at radius 2 is 2.29 bits per heavy atom. The monoisotopic (exact) mass is 213 g/mol. The highest BCUT2D eigenvalue weighted by Crippen LogP contribution is 2.20. The molecule has 0 spiro atoms. The van der Waals surface area contributed by atoms with Crippen molar-refractivity contribution < 1.29 is 9.90 Å². The van der Waals surface area contributed by atoms with Gasteiger partial charge in [-0.1, -0.05) is 23.7 Å². The molecule has 0 aliphatic carbocycles. The maximum atomic E-state index is 10.5. The maximum Gasteiger partial charge on any atom is 0.217 e. The number of aliphatic hydroxyl groups excluding tert-OH is 1. The van der Waals surface area contributed by atoms with Gasteiger partial charge in [0, 0.05) is 11.4 Å². The van der Waals surface area contributed by atoms with Gasteiger partial charge in [0.2, 0.25) is 5.91 Å². The van der Waals surface area contributed by atoms with Crippen LogP contribution in [-0.2, 0) is 4.79 Å². The molecule has 0 aliphatic heterocycles. The lowest BCUT2D eigenvalue weighted by molar-refractivity contribution is -0.118. The van der Waals surface area contributed by atoms with Crippen molar-refractivity contribution in [1.29, 1.82) is 0 Å². The van der Waals surface area contributed by atoms with E-state index in [-0.39, 0.29) is 6.42 Å². The summed E-state index contributed by atoms with van der Waals surface area (Å²) in [6.45, 7) is 0. The predicted molar refractivity (Wildman–Crippen MR) is 54.8 cm³/mol. The van der Waals surface area contributed by atoms with Crippen molar-refractivity contribution in [2.45, 2.75) is 18.9 Å². The van der Waals surface area contributed by atoms with Crippen molar-refractivity contribution in [3.05, 3.63) is 34.9 Å². The van der Waals surface area contributed by atoms with Gasteiger partial charge in [-0.05, 0) is 24.1 Å². The molecule has 3 N–H and O–H groups in total. The van der Waals surface area contributed by atoms with Crippen LogP contribution in [0.1, 0.15) is 24.5 Å². The van der Waals surface area contributed by atoms with Crippen LogP contribution in [-0.4, -0.2) is 11.0 Å². The Labute approximate surface area is 87.5 Å². The van der Waals surface area contributed by atoms with Gasteiger partial charge in [-0.3, -0.25) is 4.79 Å². The summed E-state index contributed by atoms with van der Waals surface area (Å²) in [5.74, 6) is -0.411. The zero-order valence-electron chi connectivity index (χ0n) is 7.61.